The molecule has 0 fully saturated rings. The van der Waals surface area contributed by atoms with Gasteiger partial charge in [0.25, 0.3) is 11.8 Å². The molecular formula is C21H20N2O4S2. The highest BCUT2D eigenvalue weighted by atomic mass is 32.1. The van der Waals surface area contributed by atoms with Gasteiger partial charge in [-0.2, -0.15) is 0 Å². The molecule has 0 aliphatic rings. The summed E-state index contributed by atoms with van der Waals surface area (Å²) in [5.74, 6) is -1.26. The van der Waals surface area contributed by atoms with Crippen molar-refractivity contribution < 1.29 is 19.1 Å². The van der Waals surface area contributed by atoms with Crippen LogP contribution in [0.1, 0.15) is 47.8 Å². The van der Waals surface area contributed by atoms with Crippen LogP contribution in [0.15, 0.2) is 41.8 Å². The number of hydrogen-bond acceptors (Lipinski definition) is 6. The average molecular weight is 429 g/mol. The van der Waals surface area contributed by atoms with Gasteiger partial charge in [-0.3, -0.25) is 9.59 Å². The molecule has 0 saturated carbocycles. The highest BCUT2D eigenvalue weighted by Crippen LogP contribution is 2.35. The molecule has 0 atom stereocenters. The van der Waals surface area contributed by atoms with Crippen molar-refractivity contribution in [3.05, 3.63) is 68.2 Å². The zero-order chi connectivity index (χ0) is 21.0. The van der Waals surface area contributed by atoms with Gasteiger partial charge in [0, 0.05) is 5.69 Å². The first-order valence-corrected chi connectivity index (χ1v) is 10.6. The van der Waals surface area contributed by atoms with E-state index in [0.29, 0.717) is 26.0 Å². The van der Waals surface area contributed by atoms with E-state index in [9.17, 15) is 14.4 Å². The number of aryl methyl sites for hydroxylation is 1. The predicted molar refractivity (Wildman–Crippen MR) is 116 cm³/mol. The van der Waals surface area contributed by atoms with Gasteiger partial charge in [0.1, 0.15) is 5.00 Å². The molecule has 2 N–H and O–H groups in total. The molecular weight excluding hydrogens is 408 g/mol. The molecule has 0 saturated heterocycles. The maximum atomic E-state index is 12.8. The van der Waals surface area contributed by atoms with Crippen molar-refractivity contribution in [2.24, 2.45) is 0 Å². The second kappa shape index (κ2) is 9.02. The van der Waals surface area contributed by atoms with Gasteiger partial charge in [0.2, 0.25) is 0 Å². The van der Waals surface area contributed by atoms with Crippen LogP contribution in [0, 0.1) is 13.8 Å². The summed E-state index contributed by atoms with van der Waals surface area (Å²) < 4.78 is 5.13. The molecule has 8 heteroatoms. The smallest absolute Gasteiger partial charge is 0.341 e. The minimum absolute atomic E-state index is 0.192. The van der Waals surface area contributed by atoms with E-state index < -0.39 is 5.97 Å². The van der Waals surface area contributed by atoms with Gasteiger partial charge in [0.05, 0.1) is 21.9 Å². The second-order valence-corrected chi connectivity index (χ2v) is 8.20. The minimum Gasteiger partial charge on any atom is -0.462 e. The molecule has 150 valence electrons. The number of hydrogen-bond donors (Lipinski definition) is 2. The van der Waals surface area contributed by atoms with Crippen molar-refractivity contribution in [1.29, 1.82) is 0 Å². The third-order valence-corrected chi connectivity index (χ3v) is 6.19. The Morgan fingerprint density at radius 1 is 1.00 bits per heavy atom. The largest absolute Gasteiger partial charge is 0.462 e. The average Bonchev–Trinajstić information content (AvgIpc) is 3.32. The topological polar surface area (TPSA) is 84.5 Å². The molecule has 0 unspecified atom stereocenters. The van der Waals surface area contributed by atoms with Gasteiger partial charge >= 0.3 is 5.97 Å². The number of carbonyl (C=O) groups is 3. The molecule has 29 heavy (non-hydrogen) atoms. The molecule has 1 aromatic carbocycles. The lowest BCUT2D eigenvalue weighted by atomic mass is 10.1. The highest BCUT2D eigenvalue weighted by molar-refractivity contribution is 7.19. The second-order valence-electron chi connectivity index (χ2n) is 6.23. The highest BCUT2D eigenvalue weighted by Gasteiger charge is 2.27. The van der Waals surface area contributed by atoms with E-state index in [1.54, 1.807) is 31.4 Å². The van der Waals surface area contributed by atoms with Gasteiger partial charge in [-0.05, 0) is 49.9 Å². The molecule has 3 aromatic rings. The number of amides is 2. The van der Waals surface area contributed by atoms with Crippen LogP contribution in [0.5, 0.6) is 0 Å². The Kier molecular flexibility index (Phi) is 6.46. The van der Waals surface area contributed by atoms with Crippen LogP contribution in [0.2, 0.25) is 0 Å². The van der Waals surface area contributed by atoms with E-state index >= 15 is 0 Å². The first-order valence-electron chi connectivity index (χ1n) is 8.94. The molecule has 0 aliphatic heterocycles. The van der Waals surface area contributed by atoms with E-state index in [2.05, 4.69) is 10.6 Å². The Bertz CT molecular complexity index is 1040. The Balaban J connectivity index is 1.92. The van der Waals surface area contributed by atoms with Crippen LogP contribution >= 0.6 is 22.7 Å². The fourth-order valence-electron chi connectivity index (χ4n) is 2.66. The molecule has 2 heterocycles. The monoisotopic (exact) mass is 428 g/mol. The first kappa shape index (κ1) is 20.8. The van der Waals surface area contributed by atoms with Crippen molar-refractivity contribution in [3.63, 3.8) is 0 Å². The SMILES string of the molecule is CCOC(=O)c1c(NC(=O)c2cccs2)sc(C(=O)Nc2ccc(C)cc2)c1C. The Morgan fingerprint density at radius 3 is 2.34 bits per heavy atom. The molecule has 0 bridgehead atoms. The summed E-state index contributed by atoms with van der Waals surface area (Å²) in [4.78, 5) is 38.6. The third-order valence-electron chi connectivity index (χ3n) is 4.11. The predicted octanol–water partition coefficient (Wildman–Crippen LogP) is 5.11. The third kappa shape index (κ3) is 4.72. The summed E-state index contributed by atoms with van der Waals surface area (Å²) in [6, 6.07) is 10.9. The van der Waals surface area contributed by atoms with Crippen molar-refractivity contribution in [2.45, 2.75) is 20.8 Å². The minimum atomic E-state index is -0.572. The van der Waals surface area contributed by atoms with Crippen molar-refractivity contribution in [1.82, 2.24) is 0 Å². The maximum absolute atomic E-state index is 12.8. The first-order chi connectivity index (χ1) is 13.9. The molecule has 0 aliphatic carbocycles. The number of benzene rings is 1. The van der Waals surface area contributed by atoms with Gasteiger partial charge < -0.3 is 15.4 Å². The summed E-state index contributed by atoms with van der Waals surface area (Å²) in [7, 11) is 0. The van der Waals surface area contributed by atoms with Crippen LogP contribution in [-0.4, -0.2) is 24.4 Å². The van der Waals surface area contributed by atoms with Crippen LogP contribution in [0.3, 0.4) is 0 Å². The molecule has 3 rings (SSSR count). The van der Waals surface area contributed by atoms with E-state index in [4.69, 9.17) is 4.74 Å². The molecule has 6 nitrogen and oxygen atoms in total. The number of rotatable bonds is 6. The summed E-state index contributed by atoms with van der Waals surface area (Å²) in [6.07, 6.45) is 0. The van der Waals surface area contributed by atoms with Crippen LogP contribution in [0.25, 0.3) is 0 Å². The zero-order valence-electron chi connectivity index (χ0n) is 16.2. The zero-order valence-corrected chi connectivity index (χ0v) is 17.8. The van der Waals surface area contributed by atoms with Crippen molar-refractivity contribution in [3.8, 4) is 0 Å². The summed E-state index contributed by atoms with van der Waals surface area (Å²) in [6.45, 7) is 5.53. The lowest BCUT2D eigenvalue weighted by Crippen LogP contribution is -2.14. The number of anilines is 2. The van der Waals surface area contributed by atoms with Gasteiger partial charge in [-0.25, -0.2) is 4.79 Å². The number of thiophene rings is 2. The fourth-order valence-corrected chi connectivity index (χ4v) is 4.37. The Morgan fingerprint density at radius 2 is 1.72 bits per heavy atom. The quantitative estimate of drug-likeness (QED) is 0.535. The molecule has 0 spiro atoms. The number of carbonyl (C=O) groups excluding carboxylic acids is 3. The van der Waals surface area contributed by atoms with E-state index in [-0.39, 0.29) is 24.0 Å². The lowest BCUT2D eigenvalue weighted by molar-refractivity contribution is 0.0527. The van der Waals surface area contributed by atoms with Crippen molar-refractivity contribution in [2.75, 3.05) is 17.2 Å². The van der Waals surface area contributed by atoms with E-state index in [0.717, 1.165) is 16.9 Å². The summed E-state index contributed by atoms with van der Waals surface area (Å²) >= 11 is 2.35. The molecule has 2 amide bonds. The van der Waals surface area contributed by atoms with E-state index in [1.807, 2.05) is 31.2 Å². The summed E-state index contributed by atoms with van der Waals surface area (Å²) in [5.41, 5.74) is 2.41. The Hall–Kier alpha value is -2.97. The summed E-state index contributed by atoms with van der Waals surface area (Å²) in [5, 5.41) is 7.67. The molecule has 2 aromatic heterocycles. The fraction of sp³-hybridized carbons (Fsp3) is 0.190. The van der Waals surface area contributed by atoms with Gasteiger partial charge in [-0.15, -0.1) is 22.7 Å². The Labute approximate surface area is 176 Å². The number of esters is 1. The van der Waals surface area contributed by atoms with Crippen LogP contribution in [-0.2, 0) is 4.74 Å². The number of ether oxygens (including phenoxy) is 1. The molecule has 0 radical (unpaired) electrons. The lowest BCUT2D eigenvalue weighted by Gasteiger charge is -2.06. The van der Waals surface area contributed by atoms with E-state index in [1.165, 1.54) is 11.3 Å². The normalized spacial score (nSPS) is 10.4. The maximum Gasteiger partial charge on any atom is 0.341 e. The van der Waals surface area contributed by atoms with Crippen molar-refractivity contribution >= 4 is 51.1 Å². The van der Waals surface area contributed by atoms with Crippen LogP contribution < -0.4 is 10.6 Å². The standard InChI is InChI=1S/C21H20N2O4S2/c1-4-27-21(26)16-13(3)17(19(25)22-14-9-7-12(2)8-10-14)29-20(16)23-18(24)15-6-5-11-28-15/h5-11H,4H2,1-3H3,(H,22,25)(H,23,24). The van der Waals surface area contributed by atoms with Gasteiger partial charge in [0.15, 0.2) is 0 Å². The van der Waals surface area contributed by atoms with Gasteiger partial charge in [-0.1, -0.05) is 23.8 Å². The van der Waals surface area contributed by atoms with Crippen LogP contribution in [0.4, 0.5) is 10.7 Å². The number of nitrogens with one attached hydrogen (secondary N) is 2.